The van der Waals surface area contributed by atoms with Gasteiger partial charge < -0.3 is 24.3 Å². The number of hydrogen-bond donors (Lipinski definition) is 1. The molecule has 2 rings (SSSR count). The molecule has 2 aromatic rings. The van der Waals surface area contributed by atoms with Crippen LogP contribution in [0.25, 0.3) is 6.08 Å². The van der Waals surface area contributed by atoms with Crippen LogP contribution in [0.3, 0.4) is 0 Å². The van der Waals surface area contributed by atoms with E-state index in [4.69, 9.17) is 18.9 Å². The number of ether oxygens (including phenoxy) is 4. The highest BCUT2D eigenvalue weighted by molar-refractivity contribution is 5.95. The van der Waals surface area contributed by atoms with E-state index in [1.165, 1.54) is 20.3 Å². The van der Waals surface area contributed by atoms with Crippen molar-refractivity contribution in [3.63, 3.8) is 0 Å². The molecule has 148 valence electrons. The molecule has 1 N–H and O–H groups in total. The number of para-hydroxylation sites is 1. The van der Waals surface area contributed by atoms with Crippen LogP contribution in [0, 0.1) is 0 Å². The molecule has 0 saturated carbocycles. The maximum Gasteiger partial charge on any atom is 0.331 e. The summed E-state index contributed by atoms with van der Waals surface area (Å²) in [4.78, 5) is 23.9. The molecular weight excluding hydrogens is 362 g/mol. The minimum Gasteiger partial charge on any atom is -0.497 e. The Balaban J connectivity index is 1.90. The van der Waals surface area contributed by atoms with Gasteiger partial charge >= 0.3 is 5.97 Å². The van der Waals surface area contributed by atoms with Crippen LogP contribution < -0.4 is 19.5 Å². The fourth-order valence-electron chi connectivity index (χ4n) is 2.32. The van der Waals surface area contributed by atoms with Gasteiger partial charge in [0, 0.05) is 35.5 Å². The van der Waals surface area contributed by atoms with Crippen LogP contribution in [0.1, 0.15) is 12.5 Å². The number of carbonyl (C=O) groups excluding carboxylic acids is 2. The van der Waals surface area contributed by atoms with Crippen molar-refractivity contribution in [3.8, 4) is 17.2 Å². The first kappa shape index (κ1) is 20.8. The Hall–Kier alpha value is -3.48. The molecule has 0 spiro atoms. The predicted octanol–water partition coefficient (Wildman–Crippen LogP) is 3.30. The van der Waals surface area contributed by atoms with E-state index in [0.717, 1.165) is 5.56 Å². The zero-order chi connectivity index (χ0) is 20.4. The molecule has 0 heterocycles. The lowest BCUT2D eigenvalue weighted by Crippen LogP contribution is -2.20. The van der Waals surface area contributed by atoms with E-state index in [-0.39, 0.29) is 0 Å². The first-order valence-electron chi connectivity index (χ1n) is 8.65. The third kappa shape index (κ3) is 6.35. The Morgan fingerprint density at radius 2 is 1.71 bits per heavy atom. The summed E-state index contributed by atoms with van der Waals surface area (Å²) < 4.78 is 20.7. The average Bonchev–Trinajstić information content (AvgIpc) is 2.71. The topological polar surface area (TPSA) is 83.1 Å². The van der Waals surface area contributed by atoms with Crippen molar-refractivity contribution in [2.45, 2.75) is 6.92 Å². The molecule has 0 aliphatic rings. The summed E-state index contributed by atoms with van der Waals surface area (Å²) in [6.45, 7) is 1.98. The Bertz CT molecular complexity index is 824. The van der Waals surface area contributed by atoms with Gasteiger partial charge in [0.05, 0.1) is 20.8 Å². The summed E-state index contributed by atoms with van der Waals surface area (Å²) in [5, 5.41) is 2.63. The summed E-state index contributed by atoms with van der Waals surface area (Å²) in [5.41, 5.74) is 1.22. The maximum atomic E-state index is 12.0. The SMILES string of the molecule is CCOc1ccccc1/C=C/C(=O)OCC(=O)Nc1cc(OC)cc(OC)c1. The number of hydrogen-bond acceptors (Lipinski definition) is 6. The lowest BCUT2D eigenvalue weighted by molar-refractivity contribution is -0.142. The van der Waals surface area contributed by atoms with Crippen molar-refractivity contribution in [2.24, 2.45) is 0 Å². The fraction of sp³-hybridized carbons (Fsp3) is 0.238. The van der Waals surface area contributed by atoms with Crippen LogP contribution in [-0.2, 0) is 14.3 Å². The van der Waals surface area contributed by atoms with Gasteiger partial charge in [0.1, 0.15) is 17.2 Å². The van der Waals surface area contributed by atoms with Crippen LogP contribution in [-0.4, -0.2) is 39.3 Å². The second-order valence-electron chi connectivity index (χ2n) is 5.56. The second kappa shape index (κ2) is 10.6. The van der Waals surface area contributed by atoms with Crippen LogP contribution in [0.4, 0.5) is 5.69 Å². The summed E-state index contributed by atoms with van der Waals surface area (Å²) in [6.07, 6.45) is 2.83. The van der Waals surface area contributed by atoms with Gasteiger partial charge in [-0.2, -0.15) is 0 Å². The van der Waals surface area contributed by atoms with Gasteiger partial charge in [0.25, 0.3) is 5.91 Å². The van der Waals surface area contributed by atoms with Gasteiger partial charge in [-0.25, -0.2) is 4.79 Å². The largest absolute Gasteiger partial charge is 0.497 e. The Morgan fingerprint density at radius 3 is 2.36 bits per heavy atom. The molecule has 2 aromatic carbocycles. The average molecular weight is 385 g/mol. The van der Waals surface area contributed by atoms with Gasteiger partial charge in [-0.15, -0.1) is 0 Å². The molecule has 0 unspecified atom stereocenters. The van der Waals surface area contributed by atoms with Gasteiger partial charge in [0.15, 0.2) is 6.61 Å². The maximum absolute atomic E-state index is 12.0. The number of benzene rings is 2. The number of rotatable bonds is 9. The zero-order valence-electron chi connectivity index (χ0n) is 16.1. The van der Waals surface area contributed by atoms with E-state index >= 15 is 0 Å². The van der Waals surface area contributed by atoms with E-state index in [1.54, 1.807) is 24.3 Å². The molecule has 0 fully saturated rings. The van der Waals surface area contributed by atoms with Gasteiger partial charge in [-0.05, 0) is 19.1 Å². The first-order valence-corrected chi connectivity index (χ1v) is 8.65. The molecule has 0 radical (unpaired) electrons. The van der Waals surface area contributed by atoms with E-state index in [1.807, 2.05) is 31.2 Å². The molecule has 0 bridgehead atoms. The van der Waals surface area contributed by atoms with E-state index < -0.39 is 18.5 Å². The number of amides is 1. The van der Waals surface area contributed by atoms with Crippen molar-refractivity contribution in [1.29, 1.82) is 0 Å². The molecule has 28 heavy (non-hydrogen) atoms. The lowest BCUT2D eigenvalue weighted by Gasteiger charge is -2.10. The molecule has 0 atom stereocenters. The third-order valence-corrected chi connectivity index (χ3v) is 3.60. The van der Waals surface area contributed by atoms with Crippen LogP contribution >= 0.6 is 0 Å². The summed E-state index contributed by atoms with van der Waals surface area (Å²) >= 11 is 0. The number of carbonyl (C=O) groups is 2. The third-order valence-electron chi connectivity index (χ3n) is 3.60. The van der Waals surface area contributed by atoms with Crippen molar-refractivity contribution in [3.05, 3.63) is 54.1 Å². The van der Waals surface area contributed by atoms with Crippen molar-refractivity contribution >= 4 is 23.6 Å². The van der Waals surface area contributed by atoms with Crippen molar-refractivity contribution in [1.82, 2.24) is 0 Å². The van der Waals surface area contributed by atoms with Crippen molar-refractivity contribution in [2.75, 3.05) is 32.8 Å². The van der Waals surface area contributed by atoms with Gasteiger partial charge in [0.2, 0.25) is 0 Å². The first-order chi connectivity index (χ1) is 13.5. The quantitative estimate of drug-likeness (QED) is 0.527. The summed E-state index contributed by atoms with van der Waals surface area (Å²) in [6, 6.07) is 12.3. The summed E-state index contributed by atoms with van der Waals surface area (Å²) in [5.74, 6) is 0.611. The Kier molecular flexibility index (Phi) is 7.90. The van der Waals surface area contributed by atoms with Crippen molar-refractivity contribution < 1.29 is 28.5 Å². The van der Waals surface area contributed by atoms with Gasteiger partial charge in [-0.3, -0.25) is 4.79 Å². The molecule has 0 aliphatic carbocycles. The fourth-order valence-corrected chi connectivity index (χ4v) is 2.32. The number of methoxy groups -OCH3 is 2. The number of anilines is 1. The normalized spacial score (nSPS) is 10.4. The van der Waals surface area contributed by atoms with Crippen LogP contribution in [0.15, 0.2) is 48.5 Å². The lowest BCUT2D eigenvalue weighted by atomic mass is 10.2. The minimum atomic E-state index is -0.635. The molecule has 0 saturated heterocycles. The monoisotopic (exact) mass is 385 g/mol. The minimum absolute atomic E-state index is 0.421. The van der Waals surface area contributed by atoms with Crippen LogP contribution in [0.2, 0.25) is 0 Å². The molecule has 7 nitrogen and oxygen atoms in total. The molecule has 0 aliphatic heterocycles. The zero-order valence-corrected chi connectivity index (χ0v) is 16.1. The predicted molar refractivity (Wildman–Crippen MR) is 106 cm³/mol. The Morgan fingerprint density at radius 1 is 1.04 bits per heavy atom. The van der Waals surface area contributed by atoms with E-state index in [2.05, 4.69) is 5.32 Å². The highest BCUT2D eigenvalue weighted by atomic mass is 16.5. The van der Waals surface area contributed by atoms with E-state index in [0.29, 0.717) is 29.5 Å². The highest BCUT2D eigenvalue weighted by Gasteiger charge is 2.09. The second-order valence-corrected chi connectivity index (χ2v) is 5.56. The smallest absolute Gasteiger partial charge is 0.331 e. The molecule has 1 amide bonds. The summed E-state index contributed by atoms with van der Waals surface area (Å²) in [7, 11) is 3.02. The highest BCUT2D eigenvalue weighted by Crippen LogP contribution is 2.25. The van der Waals surface area contributed by atoms with Gasteiger partial charge in [-0.1, -0.05) is 18.2 Å². The molecule has 7 heteroatoms. The number of nitrogens with one attached hydrogen (secondary N) is 1. The van der Waals surface area contributed by atoms with Crippen LogP contribution in [0.5, 0.6) is 17.2 Å². The number of esters is 1. The standard InChI is InChI=1S/C21H23NO6/c1-4-27-19-8-6-5-7-15(19)9-10-21(24)28-14-20(23)22-16-11-17(25-2)13-18(12-16)26-3/h5-13H,4,14H2,1-3H3,(H,22,23)/b10-9+. The molecular formula is C21H23NO6. The molecule has 0 aromatic heterocycles. The Labute approximate surface area is 163 Å². The van der Waals surface area contributed by atoms with E-state index in [9.17, 15) is 9.59 Å².